The second-order valence-corrected chi connectivity index (χ2v) is 11.7. The van der Waals surface area contributed by atoms with Gasteiger partial charge in [-0.3, -0.25) is 9.59 Å². The molecule has 0 unspecified atom stereocenters. The SMILES string of the molecule is CC(C)(O)C(=O)c1cn(Cc2c(F)cccc2F)c2sc(-c3ccc(N)cc3)c(CNCCc3ccccc3)c2c1=O. The number of nitrogens with zero attached hydrogens (tertiary/aromatic N) is 1. The number of hydrogen-bond acceptors (Lipinski definition) is 6. The van der Waals surface area contributed by atoms with Crippen molar-refractivity contribution in [1.82, 2.24) is 9.88 Å². The maximum Gasteiger partial charge on any atom is 0.201 e. The Kier molecular flexibility index (Phi) is 8.36. The number of carbonyl (C=O) groups is 1. The molecule has 0 fully saturated rings. The van der Waals surface area contributed by atoms with E-state index in [9.17, 15) is 23.5 Å². The number of anilines is 1. The molecule has 4 N–H and O–H groups in total. The molecule has 0 aliphatic heterocycles. The maximum atomic E-state index is 14.8. The van der Waals surface area contributed by atoms with Gasteiger partial charge in [0, 0.05) is 28.9 Å². The number of halogens is 2. The summed E-state index contributed by atoms with van der Waals surface area (Å²) >= 11 is 1.30. The summed E-state index contributed by atoms with van der Waals surface area (Å²) in [5.41, 5.74) is 6.31. The third-order valence-electron chi connectivity index (χ3n) is 7.10. The van der Waals surface area contributed by atoms with E-state index in [1.807, 2.05) is 42.5 Å². The summed E-state index contributed by atoms with van der Waals surface area (Å²) in [4.78, 5) is 28.5. The molecule has 0 radical (unpaired) electrons. The Morgan fingerprint density at radius 1 is 0.976 bits per heavy atom. The van der Waals surface area contributed by atoms with Crippen LogP contribution in [-0.4, -0.2) is 27.6 Å². The highest BCUT2D eigenvalue weighted by atomic mass is 32.1. The molecule has 6 nitrogen and oxygen atoms in total. The van der Waals surface area contributed by atoms with Gasteiger partial charge < -0.3 is 20.7 Å². The van der Waals surface area contributed by atoms with Gasteiger partial charge in [0.15, 0.2) is 5.78 Å². The van der Waals surface area contributed by atoms with Crippen LogP contribution in [0.15, 0.2) is 83.8 Å². The number of nitrogens with two attached hydrogens (primary N) is 1. The van der Waals surface area contributed by atoms with Crippen molar-refractivity contribution in [2.75, 3.05) is 12.3 Å². The molecule has 216 valence electrons. The van der Waals surface area contributed by atoms with Crippen molar-refractivity contribution in [3.8, 4) is 10.4 Å². The third-order valence-corrected chi connectivity index (χ3v) is 8.42. The first kappa shape index (κ1) is 29.3. The smallest absolute Gasteiger partial charge is 0.201 e. The van der Waals surface area contributed by atoms with Gasteiger partial charge in [0.25, 0.3) is 0 Å². The Morgan fingerprint density at radius 3 is 2.29 bits per heavy atom. The van der Waals surface area contributed by atoms with Gasteiger partial charge in [-0.25, -0.2) is 8.78 Å². The highest BCUT2D eigenvalue weighted by Crippen LogP contribution is 2.38. The lowest BCUT2D eigenvalue weighted by Gasteiger charge is -2.18. The molecule has 2 aromatic heterocycles. The van der Waals surface area contributed by atoms with Crippen molar-refractivity contribution < 1.29 is 18.7 Å². The predicted molar refractivity (Wildman–Crippen MR) is 164 cm³/mol. The Labute approximate surface area is 246 Å². The van der Waals surface area contributed by atoms with Crippen molar-refractivity contribution in [3.05, 3.63) is 123 Å². The quantitative estimate of drug-likeness (QED) is 0.107. The van der Waals surface area contributed by atoms with Gasteiger partial charge in [-0.2, -0.15) is 0 Å². The average molecular weight is 588 g/mol. The zero-order valence-electron chi connectivity index (χ0n) is 23.3. The van der Waals surface area contributed by atoms with Crippen LogP contribution in [0.2, 0.25) is 0 Å². The molecule has 0 saturated heterocycles. The number of fused-ring (bicyclic) bond motifs is 1. The van der Waals surface area contributed by atoms with Crippen LogP contribution in [0, 0.1) is 11.6 Å². The fourth-order valence-electron chi connectivity index (χ4n) is 4.89. The van der Waals surface area contributed by atoms with Gasteiger partial charge in [-0.05, 0) is 67.8 Å². The zero-order valence-corrected chi connectivity index (χ0v) is 24.1. The minimum absolute atomic E-state index is 0.200. The zero-order chi connectivity index (χ0) is 30.0. The molecule has 0 atom stereocenters. The Bertz CT molecular complexity index is 1790. The first-order valence-electron chi connectivity index (χ1n) is 13.5. The number of pyridine rings is 1. The van der Waals surface area contributed by atoms with Crippen LogP contribution < -0.4 is 16.5 Å². The number of aliphatic hydroxyl groups is 1. The Hall–Kier alpha value is -4.18. The van der Waals surface area contributed by atoms with Crippen molar-refractivity contribution in [2.45, 2.75) is 39.0 Å². The van der Waals surface area contributed by atoms with Crippen LogP contribution in [0.4, 0.5) is 14.5 Å². The molecule has 9 heteroatoms. The molecule has 5 aromatic rings. The lowest BCUT2D eigenvalue weighted by Crippen LogP contribution is -2.35. The van der Waals surface area contributed by atoms with Crippen LogP contribution in [0.1, 0.15) is 40.9 Å². The minimum atomic E-state index is -1.84. The maximum absolute atomic E-state index is 14.8. The third kappa shape index (κ3) is 6.04. The molecule has 0 bridgehead atoms. The van der Waals surface area contributed by atoms with Gasteiger partial charge in [0.2, 0.25) is 5.43 Å². The van der Waals surface area contributed by atoms with Crippen molar-refractivity contribution in [1.29, 1.82) is 0 Å². The molecular weight excluding hydrogens is 556 g/mol. The Morgan fingerprint density at radius 2 is 1.64 bits per heavy atom. The molecule has 3 aromatic carbocycles. The minimum Gasteiger partial charge on any atom is -0.399 e. The van der Waals surface area contributed by atoms with Gasteiger partial charge in [0.05, 0.1) is 17.5 Å². The highest BCUT2D eigenvalue weighted by Gasteiger charge is 2.31. The number of hydrogen-bond donors (Lipinski definition) is 3. The van der Waals surface area contributed by atoms with Crippen molar-refractivity contribution in [2.24, 2.45) is 0 Å². The van der Waals surface area contributed by atoms with E-state index in [2.05, 4.69) is 5.32 Å². The van der Waals surface area contributed by atoms with Gasteiger partial charge in [-0.1, -0.05) is 48.5 Å². The first-order valence-corrected chi connectivity index (χ1v) is 14.4. The summed E-state index contributed by atoms with van der Waals surface area (Å²) < 4.78 is 31.0. The molecule has 0 aliphatic carbocycles. The number of nitrogens with one attached hydrogen (secondary N) is 1. The molecule has 42 heavy (non-hydrogen) atoms. The predicted octanol–water partition coefficient (Wildman–Crippen LogP) is 5.92. The lowest BCUT2D eigenvalue weighted by molar-refractivity contribution is 0.0486. The molecule has 0 saturated carbocycles. The molecule has 0 amide bonds. The number of Topliss-reactive ketones (excluding diaryl/α,β-unsaturated/α-hetero) is 1. The van der Waals surface area contributed by atoms with Crippen molar-refractivity contribution >= 4 is 33.0 Å². The number of rotatable bonds is 10. The summed E-state index contributed by atoms with van der Waals surface area (Å²) in [6.45, 7) is 3.28. The van der Waals surface area contributed by atoms with Crippen LogP contribution in [0.25, 0.3) is 20.7 Å². The average Bonchev–Trinajstić information content (AvgIpc) is 3.34. The van der Waals surface area contributed by atoms with Crippen LogP contribution in [0.3, 0.4) is 0 Å². The second-order valence-electron chi connectivity index (χ2n) is 10.7. The van der Waals surface area contributed by atoms with Crippen molar-refractivity contribution in [3.63, 3.8) is 0 Å². The van der Waals surface area contributed by atoms with Gasteiger partial charge in [0.1, 0.15) is 22.1 Å². The normalized spacial score (nSPS) is 11.7. The highest BCUT2D eigenvalue weighted by molar-refractivity contribution is 7.22. The van der Waals surface area contributed by atoms with E-state index in [4.69, 9.17) is 5.73 Å². The first-order chi connectivity index (χ1) is 20.0. The van der Waals surface area contributed by atoms with E-state index in [1.165, 1.54) is 42.0 Å². The number of thiophene rings is 1. The molecule has 5 rings (SSSR count). The Balaban J connectivity index is 1.69. The van der Waals surface area contributed by atoms with E-state index in [1.54, 1.807) is 12.1 Å². The molecular formula is C33H31F2N3O3S. The fraction of sp³-hybridized carbons (Fsp3) is 0.212. The summed E-state index contributed by atoms with van der Waals surface area (Å²) in [5, 5.41) is 14.2. The van der Waals surface area contributed by atoms with E-state index >= 15 is 0 Å². The molecule has 0 aliphatic rings. The standard InChI is InChI=1S/C33H31F2N3O3S/c1-33(2,41)31(40)25-19-38(18-24-26(34)9-6-10-27(24)35)32-28(29(25)39)23(17-37-16-15-20-7-4-3-5-8-20)30(42-32)21-11-13-22(36)14-12-21/h3-14,19,37,41H,15-18,36H2,1-2H3. The molecule has 2 heterocycles. The van der Waals surface area contributed by atoms with E-state index in [0.717, 1.165) is 34.6 Å². The number of aromatic nitrogens is 1. The number of carbonyl (C=O) groups excluding carboxylic acids is 1. The van der Waals surface area contributed by atoms with Crippen LogP contribution >= 0.6 is 11.3 Å². The summed E-state index contributed by atoms with van der Waals surface area (Å²) in [6, 6.07) is 20.8. The van der Waals surface area contributed by atoms with Gasteiger partial charge >= 0.3 is 0 Å². The summed E-state index contributed by atoms with van der Waals surface area (Å²) in [7, 11) is 0. The fourth-order valence-corrected chi connectivity index (χ4v) is 6.18. The van der Waals surface area contributed by atoms with E-state index in [-0.39, 0.29) is 23.1 Å². The number of benzene rings is 3. The van der Waals surface area contributed by atoms with Crippen LogP contribution in [0.5, 0.6) is 0 Å². The number of ketones is 1. The van der Waals surface area contributed by atoms with E-state index < -0.39 is 28.4 Å². The number of nitrogen functional groups attached to an aromatic ring is 1. The van der Waals surface area contributed by atoms with Gasteiger partial charge in [-0.15, -0.1) is 11.3 Å². The molecule has 0 spiro atoms. The van der Waals surface area contributed by atoms with E-state index in [0.29, 0.717) is 29.2 Å². The topological polar surface area (TPSA) is 97.3 Å². The lowest BCUT2D eigenvalue weighted by atomic mass is 9.96. The largest absolute Gasteiger partial charge is 0.399 e. The van der Waals surface area contributed by atoms with Crippen LogP contribution in [-0.2, 0) is 19.5 Å². The summed E-state index contributed by atoms with van der Waals surface area (Å²) in [5.74, 6) is -2.26. The summed E-state index contributed by atoms with van der Waals surface area (Å²) in [6.07, 6.45) is 2.06. The second kappa shape index (κ2) is 12.0. The monoisotopic (exact) mass is 587 g/mol.